The van der Waals surface area contributed by atoms with Crippen molar-refractivity contribution in [2.45, 2.75) is 32.4 Å². The molecule has 3 heterocycles. The SMILES string of the molecule is CN1CCN=C1NCc1cn2c(n1)CCCC2. The molecule has 0 radical (unpaired) electrons. The summed E-state index contributed by atoms with van der Waals surface area (Å²) in [5, 5.41) is 3.36. The van der Waals surface area contributed by atoms with Crippen molar-refractivity contribution in [3.63, 3.8) is 0 Å². The molecule has 0 aromatic carbocycles. The lowest BCUT2D eigenvalue weighted by molar-refractivity contribution is 0.522. The highest BCUT2D eigenvalue weighted by Gasteiger charge is 2.14. The van der Waals surface area contributed by atoms with Crippen molar-refractivity contribution < 1.29 is 0 Å². The second-order valence-corrected chi connectivity index (χ2v) is 4.78. The molecule has 5 heteroatoms. The number of nitrogens with one attached hydrogen (secondary N) is 1. The molecule has 0 atom stereocenters. The maximum Gasteiger partial charge on any atom is 0.194 e. The van der Waals surface area contributed by atoms with Crippen LogP contribution in [0.5, 0.6) is 0 Å². The van der Waals surface area contributed by atoms with Crippen LogP contribution in [0.4, 0.5) is 0 Å². The maximum absolute atomic E-state index is 4.66. The van der Waals surface area contributed by atoms with Crippen molar-refractivity contribution in [2.24, 2.45) is 4.99 Å². The lowest BCUT2D eigenvalue weighted by atomic mass is 10.2. The van der Waals surface area contributed by atoms with Gasteiger partial charge in [0, 0.05) is 32.8 Å². The summed E-state index contributed by atoms with van der Waals surface area (Å²) in [5.41, 5.74) is 1.13. The molecule has 0 fully saturated rings. The first-order valence-corrected chi connectivity index (χ1v) is 6.37. The summed E-state index contributed by atoms with van der Waals surface area (Å²) in [5.74, 6) is 2.24. The average molecular weight is 233 g/mol. The number of aliphatic imine (C=N–C) groups is 1. The van der Waals surface area contributed by atoms with Crippen LogP contribution >= 0.6 is 0 Å². The third-order valence-electron chi connectivity index (χ3n) is 3.44. The largest absolute Gasteiger partial charge is 0.351 e. The molecular formula is C12H19N5. The number of aromatic nitrogens is 2. The predicted molar refractivity (Wildman–Crippen MR) is 66.9 cm³/mol. The zero-order chi connectivity index (χ0) is 11.7. The highest BCUT2D eigenvalue weighted by atomic mass is 15.3. The third-order valence-corrected chi connectivity index (χ3v) is 3.44. The molecule has 92 valence electrons. The van der Waals surface area contributed by atoms with Crippen LogP contribution in [0.1, 0.15) is 24.4 Å². The molecule has 17 heavy (non-hydrogen) atoms. The van der Waals surface area contributed by atoms with Crippen LogP contribution in [0.3, 0.4) is 0 Å². The Hall–Kier alpha value is -1.52. The van der Waals surface area contributed by atoms with Gasteiger partial charge in [0.05, 0.1) is 18.8 Å². The fraction of sp³-hybridized carbons (Fsp3) is 0.667. The predicted octanol–water partition coefficient (Wildman–Crippen LogP) is 0.610. The summed E-state index contributed by atoms with van der Waals surface area (Å²) in [6, 6.07) is 0. The minimum Gasteiger partial charge on any atom is -0.351 e. The van der Waals surface area contributed by atoms with Crippen molar-refractivity contribution in [3.8, 4) is 0 Å². The molecular weight excluding hydrogens is 214 g/mol. The second kappa shape index (κ2) is 4.39. The van der Waals surface area contributed by atoms with Gasteiger partial charge < -0.3 is 14.8 Å². The van der Waals surface area contributed by atoms with Crippen LogP contribution < -0.4 is 5.32 Å². The van der Waals surface area contributed by atoms with Crippen molar-refractivity contribution in [2.75, 3.05) is 20.1 Å². The molecule has 1 aromatic heterocycles. The summed E-state index contributed by atoms with van der Waals surface area (Å²) >= 11 is 0. The lowest BCUT2D eigenvalue weighted by Gasteiger charge is -2.14. The summed E-state index contributed by atoms with van der Waals surface area (Å²) in [6.45, 7) is 3.83. The van der Waals surface area contributed by atoms with E-state index in [0.29, 0.717) is 0 Å². The molecule has 0 amide bonds. The molecule has 2 aliphatic heterocycles. The third kappa shape index (κ3) is 2.14. The number of hydrogen-bond acceptors (Lipinski definition) is 4. The van der Waals surface area contributed by atoms with Crippen LogP contribution in [-0.4, -0.2) is 40.5 Å². The molecule has 1 aromatic rings. The number of nitrogens with zero attached hydrogens (tertiary/aromatic N) is 4. The van der Waals surface area contributed by atoms with Crippen molar-refractivity contribution in [1.82, 2.24) is 19.8 Å². The number of aryl methyl sites for hydroxylation is 2. The minimum absolute atomic E-state index is 0.781. The number of guanidine groups is 1. The van der Waals surface area contributed by atoms with Crippen LogP contribution in [0.15, 0.2) is 11.2 Å². The number of imidazole rings is 1. The van der Waals surface area contributed by atoms with E-state index >= 15 is 0 Å². The van der Waals surface area contributed by atoms with E-state index in [9.17, 15) is 0 Å². The standard InChI is InChI=1S/C12H19N5/c1-16-7-5-13-12(16)14-8-10-9-17-6-3-2-4-11(17)15-10/h9H,2-8H2,1H3,(H,13,14). The van der Waals surface area contributed by atoms with E-state index in [1.165, 1.54) is 18.7 Å². The maximum atomic E-state index is 4.66. The first-order chi connectivity index (χ1) is 8.33. The molecule has 5 nitrogen and oxygen atoms in total. The summed E-state index contributed by atoms with van der Waals surface area (Å²) in [6.07, 6.45) is 5.86. The second-order valence-electron chi connectivity index (χ2n) is 4.78. The summed E-state index contributed by atoms with van der Waals surface area (Å²) in [4.78, 5) is 11.2. The van der Waals surface area contributed by atoms with Gasteiger partial charge in [0.15, 0.2) is 5.96 Å². The zero-order valence-electron chi connectivity index (χ0n) is 10.3. The fourth-order valence-electron chi connectivity index (χ4n) is 2.45. The Morgan fingerprint density at radius 3 is 3.06 bits per heavy atom. The van der Waals surface area contributed by atoms with E-state index < -0.39 is 0 Å². The van der Waals surface area contributed by atoms with Gasteiger partial charge in [0.2, 0.25) is 0 Å². The monoisotopic (exact) mass is 233 g/mol. The zero-order valence-corrected chi connectivity index (χ0v) is 10.3. The first kappa shape index (κ1) is 10.6. The Morgan fingerprint density at radius 2 is 2.29 bits per heavy atom. The van der Waals surface area contributed by atoms with E-state index in [-0.39, 0.29) is 0 Å². The Balaban J connectivity index is 1.63. The molecule has 0 aliphatic carbocycles. The number of rotatable bonds is 2. The topological polar surface area (TPSA) is 45.5 Å². The molecule has 0 bridgehead atoms. The smallest absolute Gasteiger partial charge is 0.194 e. The Labute approximate surface area is 102 Å². The van der Waals surface area contributed by atoms with Crippen LogP contribution in [0.25, 0.3) is 0 Å². The van der Waals surface area contributed by atoms with Gasteiger partial charge in [-0.25, -0.2) is 4.98 Å². The number of likely N-dealkylation sites (N-methyl/N-ethyl adjacent to an activating group) is 1. The van der Waals surface area contributed by atoms with E-state index in [2.05, 4.69) is 38.0 Å². The molecule has 1 N–H and O–H groups in total. The van der Waals surface area contributed by atoms with E-state index in [4.69, 9.17) is 0 Å². The lowest BCUT2D eigenvalue weighted by Crippen LogP contribution is -2.35. The molecule has 0 spiro atoms. The highest BCUT2D eigenvalue weighted by Crippen LogP contribution is 2.14. The number of fused-ring (bicyclic) bond motifs is 1. The minimum atomic E-state index is 0.781. The quantitative estimate of drug-likeness (QED) is 0.814. The van der Waals surface area contributed by atoms with Crippen molar-refractivity contribution >= 4 is 5.96 Å². The van der Waals surface area contributed by atoms with Gasteiger partial charge in [0.1, 0.15) is 5.82 Å². The first-order valence-electron chi connectivity index (χ1n) is 6.37. The van der Waals surface area contributed by atoms with Crippen LogP contribution in [0.2, 0.25) is 0 Å². The van der Waals surface area contributed by atoms with Gasteiger partial charge in [-0.2, -0.15) is 0 Å². The molecule has 3 rings (SSSR count). The van der Waals surface area contributed by atoms with Crippen LogP contribution in [-0.2, 0) is 19.5 Å². The number of hydrogen-bond donors (Lipinski definition) is 1. The van der Waals surface area contributed by atoms with E-state index in [1.54, 1.807) is 0 Å². The Kier molecular flexibility index (Phi) is 2.74. The Morgan fingerprint density at radius 1 is 1.35 bits per heavy atom. The Bertz CT molecular complexity index is 411. The normalized spacial score (nSPS) is 19.1. The molecule has 2 aliphatic rings. The fourth-order valence-corrected chi connectivity index (χ4v) is 2.45. The van der Waals surface area contributed by atoms with E-state index in [0.717, 1.165) is 44.3 Å². The molecule has 0 unspecified atom stereocenters. The van der Waals surface area contributed by atoms with E-state index in [1.807, 2.05) is 0 Å². The van der Waals surface area contributed by atoms with Crippen LogP contribution in [0, 0.1) is 0 Å². The van der Waals surface area contributed by atoms with Crippen molar-refractivity contribution in [1.29, 1.82) is 0 Å². The van der Waals surface area contributed by atoms with Crippen molar-refractivity contribution in [3.05, 3.63) is 17.7 Å². The highest BCUT2D eigenvalue weighted by molar-refractivity contribution is 5.81. The molecule has 0 saturated carbocycles. The van der Waals surface area contributed by atoms with Gasteiger partial charge >= 0.3 is 0 Å². The van der Waals surface area contributed by atoms with Gasteiger partial charge in [0.25, 0.3) is 0 Å². The van der Waals surface area contributed by atoms with Gasteiger partial charge in [-0.1, -0.05) is 0 Å². The van der Waals surface area contributed by atoms with Gasteiger partial charge in [-0.3, -0.25) is 4.99 Å². The summed E-state index contributed by atoms with van der Waals surface area (Å²) < 4.78 is 2.29. The summed E-state index contributed by atoms with van der Waals surface area (Å²) in [7, 11) is 2.07. The van der Waals surface area contributed by atoms with Gasteiger partial charge in [-0.05, 0) is 12.8 Å². The average Bonchev–Trinajstić information content (AvgIpc) is 2.92. The molecule has 0 saturated heterocycles. The van der Waals surface area contributed by atoms with Gasteiger partial charge in [-0.15, -0.1) is 0 Å².